The minimum atomic E-state index is -0.260. The van der Waals surface area contributed by atoms with Gasteiger partial charge < -0.3 is 0 Å². The van der Waals surface area contributed by atoms with E-state index >= 15 is 0 Å². The molecule has 11 heavy (non-hydrogen) atoms. The number of rotatable bonds is 2. The second kappa shape index (κ2) is 3.90. The third-order valence-electron chi connectivity index (χ3n) is 1.22. The molecule has 0 fully saturated rings. The van der Waals surface area contributed by atoms with Gasteiger partial charge in [-0.2, -0.15) is 0 Å². The van der Waals surface area contributed by atoms with Crippen LogP contribution in [0.3, 0.4) is 0 Å². The predicted octanol–water partition coefficient (Wildman–Crippen LogP) is 2.94. The molecule has 0 aromatic heterocycles. The van der Waals surface area contributed by atoms with E-state index in [2.05, 4.69) is 0 Å². The van der Waals surface area contributed by atoms with Crippen LogP contribution in [0.5, 0.6) is 0 Å². The normalized spacial score (nSPS) is 10.5. The molecule has 1 aromatic carbocycles. The maximum absolute atomic E-state index is 12.3. The summed E-state index contributed by atoms with van der Waals surface area (Å²) in [4.78, 5) is 0. The lowest BCUT2D eigenvalue weighted by Crippen LogP contribution is -1.96. The van der Waals surface area contributed by atoms with Gasteiger partial charge in [-0.25, -0.2) is 4.39 Å². The van der Waals surface area contributed by atoms with Gasteiger partial charge >= 0.3 is 0 Å². The lowest BCUT2D eigenvalue weighted by atomic mass is 10.2. The van der Waals surface area contributed by atoms with Gasteiger partial charge in [0, 0.05) is 0 Å². The molecule has 60 valence electrons. The Kier molecular flexibility index (Phi) is 3.12. The average molecular weight is 194 g/mol. The van der Waals surface area contributed by atoms with E-state index in [1.165, 1.54) is 12.1 Å². The number of hydrogen-bond acceptors (Lipinski definition) is 1. The predicted molar refractivity (Wildman–Crippen MR) is 43.6 cm³/mol. The minimum absolute atomic E-state index is 0.260. The van der Waals surface area contributed by atoms with Crippen molar-refractivity contribution in [3.8, 4) is 0 Å². The average Bonchev–Trinajstić information content (AvgIpc) is 1.93. The lowest BCUT2D eigenvalue weighted by Gasteiger charge is -2.02. The van der Waals surface area contributed by atoms with Crippen LogP contribution in [0.2, 0.25) is 0 Å². The Morgan fingerprint density at radius 3 is 2.18 bits per heavy atom. The van der Waals surface area contributed by atoms with Crippen LogP contribution in [-0.4, -0.2) is 3.94 Å². The van der Waals surface area contributed by atoms with Gasteiger partial charge in [0.25, 0.3) is 0 Å². The summed E-state index contributed by atoms with van der Waals surface area (Å²) in [6, 6.07) is 6.00. The smallest absolute Gasteiger partial charge is 0.123 e. The fourth-order valence-corrected chi connectivity index (χ4v) is 1.00. The summed E-state index contributed by atoms with van der Waals surface area (Å²) >= 11 is 10.7. The van der Waals surface area contributed by atoms with E-state index in [9.17, 15) is 4.39 Å². The molecule has 0 radical (unpaired) electrons. The second-order valence-electron chi connectivity index (χ2n) is 2.09. The fraction of sp³-hybridized carbons (Fsp3) is 0.143. The van der Waals surface area contributed by atoms with Gasteiger partial charge in [0.2, 0.25) is 0 Å². The van der Waals surface area contributed by atoms with Crippen molar-refractivity contribution in [2.75, 3.05) is 0 Å². The van der Waals surface area contributed by atoms with E-state index in [1.54, 1.807) is 12.1 Å². The number of benzene rings is 1. The number of nitrogens with zero attached hydrogens (tertiary/aromatic N) is 1. The van der Waals surface area contributed by atoms with Crippen molar-refractivity contribution in [2.24, 2.45) is 0 Å². The molecule has 0 unspecified atom stereocenters. The summed E-state index contributed by atoms with van der Waals surface area (Å²) in [6.07, 6.45) is 0. The highest BCUT2D eigenvalue weighted by Crippen LogP contribution is 2.09. The number of hydrogen-bond donors (Lipinski definition) is 0. The molecule has 0 aliphatic rings. The Morgan fingerprint density at radius 2 is 1.73 bits per heavy atom. The molecular weight excluding hydrogens is 188 g/mol. The minimum Gasteiger partial charge on any atom is -0.207 e. The molecule has 1 rings (SSSR count). The van der Waals surface area contributed by atoms with Crippen molar-refractivity contribution in [1.29, 1.82) is 0 Å². The van der Waals surface area contributed by atoms with E-state index < -0.39 is 0 Å². The monoisotopic (exact) mass is 193 g/mol. The number of halogens is 3. The Labute approximate surface area is 74.6 Å². The zero-order chi connectivity index (χ0) is 8.27. The molecule has 0 bridgehead atoms. The molecule has 0 amide bonds. The Bertz CT molecular complexity index is 222. The Hall–Kier alpha value is -0.310. The third-order valence-corrected chi connectivity index (χ3v) is 1.45. The molecule has 0 aliphatic carbocycles. The summed E-state index contributed by atoms with van der Waals surface area (Å²) in [5.74, 6) is -0.260. The van der Waals surface area contributed by atoms with Crippen molar-refractivity contribution < 1.29 is 4.39 Å². The van der Waals surface area contributed by atoms with Crippen LogP contribution in [0.15, 0.2) is 24.3 Å². The van der Waals surface area contributed by atoms with E-state index in [4.69, 9.17) is 23.6 Å². The topological polar surface area (TPSA) is 3.24 Å². The maximum atomic E-state index is 12.3. The van der Waals surface area contributed by atoms with Crippen molar-refractivity contribution in [3.63, 3.8) is 0 Å². The Balaban J connectivity index is 2.66. The largest absolute Gasteiger partial charge is 0.207 e. The van der Waals surface area contributed by atoms with Crippen LogP contribution in [-0.2, 0) is 6.54 Å². The zero-order valence-electron chi connectivity index (χ0n) is 5.60. The van der Waals surface area contributed by atoms with Crippen LogP contribution in [0.1, 0.15) is 5.56 Å². The summed E-state index contributed by atoms with van der Waals surface area (Å²) < 4.78 is 13.3. The molecule has 0 saturated carbocycles. The first-order chi connectivity index (χ1) is 5.18. The van der Waals surface area contributed by atoms with Crippen molar-refractivity contribution in [1.82, 2.24) is 3.94 Å². The SMILES string of the molecule is Fc1ccc(CN(Cl)Cl)cc1. The Morgan fingerprint density at radius 1 is 1.18 bits per heavy atom. The maximum Gasteiger partial charge on any atom is 0.123 e. The van der Waals surface area contributed by atoms with Gasteiger partial charge in [-0.1, -0.05) is 12.1 Å². The fourth-order valence-electron chi connectivity index (χ4n) is 0.728. The first kappa shape index (κ1) is 8.78. The molecule has 1 aromatic rings. The highest BCUT2D eigenvalue weighted by atomic mass is 35.5. The van der Waals surface area contributed by atoms with E-state index in [0.717, 1.165) is 9.50 Å². The standard InChI is InChI=1S/C7H6Cl2FN/c8-11(9)5-6-1-3-7(10)4-2-6/h1-4H,5H2. The van der Waals surface area contributed by atoms with Crippen LogP contribution < -0.4 is 0 Å². The van der Waals surface area contributed by atoms with Crippen LogP contribution >= 0.6 is 23.6 Å². The van der Waals surface area contributed by atoms with Gasteiger partial charge in [-0.3, -0.25) is 0 Å². The van der Waals surface area contributed by atoms with Crippen LogP contribution in [0.25, 0.3) is 0 Å². The molecule has 0 N–H and O–H groups in total. The zero-order valence-corrected chi connectivity index (χ0v) is 7.11. The van der Waals surface area contributed by atoms with Gasteiger partial charge in [-0.15, -0.1) is 3.94 Å². The molecule has 0 aliphatic heterocycles. The van der Waals surface area contributed by atoms with Gasteiger partial charge in [-0.05, 0) is 41.2 Å². The highest BCUT2D eigenvalue weighted by Gasteiger charge is 1.97. The van der Waals surface area contributed by atoms with Gasteiger partial charge in [0.05, 0.1) is 6.54 Å². The molecular formula is C7H6Cl2FN. The van der Waals surface area contributed by atoms with Crippen LogP contribution in [0.4, 0.5) is 4.39 Å². The molecule has 0 spiro atoms. The first-order valence-corrected chi connectivity index (χ1v) is 3.69. The van der Waals surface area contributed by atoms with Crippen molar-refractivity contribution in [3.05, 3.63) is 35.6 Å². The van der Waals surface area contributed by atoms with Gasteiger partial charge in [0.15, 0.2) is 0 Å². The highest BCUT2D eigenvalue weighted by molar-refractivity contribution is 6.33. The van der Waals surface area contributed by atoms with E-state index in [1.807, 2.05) is 0 Å². The van der Waals surface area contributed by atoms with E-state index in [0.29, 0.717) is 6.54 Å². The van der Waals surface area contributed by atoms with Crippen molar-refractivity contribution in [2.45, 2.75) is 6.54 Å². The second-order valence-corrected chi connectivity index (χ2v) is 3.08. The van der Waals surface area contributed by atoms with E-state index in [-0.39, 0.29) is 5.82 Å². The molecule has 0 heterocycles. The molecule has 1 nitrogen and oxygen atoms in total. The summed E-state index contributed by atoms with van der Waals surface area (Å²) in [5.41, 5.74) is 0.872. The van der Waals surface area contributed by atoms with Gasteiger partial charge in [0.1, 0.15) is 5.82 Å². The third kappa shape index (κ3) is 3.06. The summed E-state index contributed by atoms with van der Waals surface area (Å²) in [6.45, 7) is 0.392. The van der Waals surface area contributed by atoms with Crippen LogP contribution in [0, 0.1) is 5.82 Å². The van der Waals surface area contributed by atoms with Crippen molar-refractivity contribution >= 4 is 23.6 Å². The quantitative estimate of drug-likeness (QED) is 0.654. The first-order valence-electron chi connectivity index (χ1n) is 3.02. The molecule has 0 atom stereocenters. The summed E-state index contributed by atoms with van der Waals surface area (Å²) in [5, 5.41) is 0. The molecule has 4 heteroatoms. The molecule has 0 saturated heterocycles. The summed E-state index contributed by atoms with van der Waals surface area (Å²) in [7, 11) is 0. The lowest BCUT2D eigenvalue weighted by molar-refractivity contribution is 0.624.